The molecule has 0 amide bonds. The van der Waals surface area contributed by atoms with Crippen molar-refractivity contribution in [3.63, 3.8) is 0 Å². The first-order chi connectivity index (χ1) is 10.3. The van der Waals surface area contributed by atoms with Crippen LogP contribution in [0.15, 0.2) is 43.1 Å². The molecule has 4 rings (SSSR count). The second-order valence-corrected chi connectivity index (χ2v) is 4.80. The molecule has 6 heteroatoms. The van der Waals surface area contributed by atoms with Crippen molar-refractivity contribution >= 4 is 5.97 Å². The van der Waals surface area contributed by atoms with Gasteiger partial charge in [0, 0.05) is 29.4 Å². The van der Waals surface area contributed by atoms with Gasteiger partial charge in [0.05, 0.1) is 17.7 Å². The molecule has 1 aliphatic rings. The van der Waals surface area contributed by atoms with Crippen LogP contribution in [-0.4, -0.2) is 30.6 Å². The molecule has 2 aromatic heterocycles. The Morgan fingerprint density at radius 3 is 2.95 bits per heavy atom. The van der Waals surface area contributed by atoms with Crippen LogP contribution in [0.25, 0.3) is 16.9 Å². The Bertz CT molecular complexity index is 870. The van der Waals surface area contributed by atoms with Crippen molar-refractivity contribution in [1.82, 2.24) is 19.5 Å². The van der Waals surface area contributed by atoms with Gasteiger partial charge in [-0.15, -0.1) is 0 Å². The van der Waals surface area contributed by atoms with Crippen molar-refractivity contribution in [2.24, 2.45) is 0 Å². The van der Waals surface area contributed by atoms with Gasteiger partial charge in [0.2, 0.25) is 0 Å². The van der Waals surface area contributed by atoms with E-state index in [0.29, 0.717) is 17.7 Å². The van der Waals surface area contributed by atoms with Crippen LogP contribution in [-0.2, 0) is 6.42 Å². The van der Waals surface area contributed by atoms with Crippen LogP contribution in [0, 0.1) is 0 Å². The van der Waals surface area contributed by atoms with Gasteiger partial charge < -0.3 is 9.67 Å². The quantitative estimate of drug-likeness (QED) is 0.575. The van der Waals surface area contributed by atoms with E-state index in [1.165, 1.54) is 6.33 Å². The van der Waals surface area contributed by atoms with E-state index in [-0.39, 0.29) is 5.69 Å². The fourth-order valence-corrected chi connectivity index (χ4v) is 2.73. The fraction of sp³-hybridized carbons (Fsp3) is 0.0667. The third kappa shape index (κ3) is 1.66. The van der Waals surface area contributed by atoms with Crippen molar-refractivity contribution < 1.29 is 9.90 Å². The van der Waals surface area contributed by atoms with Gasteiger partial charge in [-0.1, -0.05) is 18.2 Å². The van der Waals surface area contributed by atoms with E-state index in [1.807, 2.05) is 28.8 Å². The molecule has 0 radical (unpaired) electrons. The molecule has 102 valence electrons. The summed E-state index contributed by atoms with van der Waals surface area (Å²) in [6, 6.07) is 7.75. The number of aromatic carboxylic acids is 1. The summed E-state index contributed by atoms with van der Waals surface area (Å²) in [5, 5.41) is 9.37. The van der Waals surface area contributed by atoms with Crippen molar-refractivity contribution in [2.45, 2.75) is 6.42 Å². The van der Waals surface area contributed by atoms with Gasteiger partial charge in [0.1, 0.15) is 6.33 Å². The van der Waals surface area contributed by atoms with Crippen LogP contribution in [0.4, 0.5) is 0 Å². The molecular weight excluding hydrogens is 268 g/mol. The van der Waals surface area contributed by atoms with E-state index < -0.39 is 5.97 Å². The van der Waals surface area contributed by atoms with Crippen molar-refractivity contribution in [1.29, 1.82) is 0 Å². The Labute approximate surface area is 119 Å². The minimum absolute atomic E-state index is 0.0458. The summed E-state index contributed by atoms with van der Waals surface area (Å²) in [5.74, 6) is -1.04. The molecule has 0 bridgehead atoms. The molecule has 0 saturated carbocycles. The highest BCUT2D eigenvalue weighted by molar-refractivity contribution is 5.90. The number of benzene rings is 1. The molecule has 3 heterocycles. The summed E-state index contributed by atoms with van der Waals surface area (Å²) >= 11 is 0. The average Bonchev–Trinajstić information content (AvgIpc) is 2.90. The second kappa shape index (κ2) is 4.24. The maximum Gasteiger partial charge on any atom is 0.354 e. The zero-order chi connectivity index (χ0) is 14.4. The fourth-order valence-electron chi connectivity index (χ4n) is 2.73. The Hall–Kier alpha value is -3.02. The van der Waals surface area contributed by atoms with Gasteiger partial charge >= 0.3 is 5.97 Å². The monoisotopic (exact) mass is 278 g/mol. The number of aromatic nitrogens is 4. The number of hydrogen-bond acceptors (Lipinski definition) is 4. The van der Waals surface area contributed by atoms with Gasteiger partial charge in [0.15, 0.2) is 5.69 Å². The highest BCUT2D eigenvalue weighted by Crippen LogP contribution is 2.34. The molecule has 3 aromatic rings. The van der Waals surface area contributed by atoms with Crippen LogP contribution in [0.2, 0.25) is 0 Å². The summed E-state index contributed by atoms with van der Waals surface area (Å²) in [4.78, 5) is 23.8. The number of para-hydroxylation sites is 1. The molecule has 0 atom stereocenters. The Balaban J connectivity index is 2.12. The first-order valence-electron chi connectivity index (χ1n) is 6.44. The Kier molecular flexibility index (Phi) is 2.38. The van der Waals surface area contributed by atoms with Crippen LogP contribution in [0.3, 0.4) is 0 Å². The number of carboxylic acid groups (broad SMARTS) is 1. The van der Waals surface area contributed by atoms with E-state index in [1.54, 1.807) is 12.5 Å². The van der Waals surface area contributed by atoms with Crippen LogP contribution in [0.5, 0.6) is 0 Å². The third-order valence-electron chi connectivity index (χ3n) is 3.64. The van der Waals surface area contributed by atoms with E-state index in [9.17, 15) is 9.90 Å². The standard InChI is InChI=1S/C15H10N4O2/c20-15(21)14-11-5-9-6-16-8-19(9)12-4-2-1-3-10(12)13(11)17-7-18-14/h1-4,6-8H,5H2,(H,20,21). The number of fused-ring (bicyclic) bond motifs is 5. The number of rotatable bonds is 1. The van der Waals surface area contributed by atoms with Crippen molar-refractivity contribution in [2.75, 3.05) is 0 Å². The van der Waals surface area contributed by atoms with Gasteiger partial charge in [-0.2, -0.15) is 0 Å². The summed E-state index contributed by atoms with van der Waals surface area (Å²) in [5.41, 5.74) is 4.08. The zero-order valence-corrected chi connectivity index (χ0v) is 10.9. The number of nitrogens with zero attached hydrogens (tertiary/aromatic N) is 4. The molecule has 1 aromatic carbocycles. The molecule has 21 heavy (non-hydrogen) atoms. The van der Waals surface area contributed by atoms with E-state index in [4.69, 9.17) is 0 Å². The van der Waals surface area contributed by atoms with E-state index in [0.717, 1.165) is 16.9 Å². The lowest BCUT2D eigenvalue weighted by molar-refractivity contribution is 0.0689. The predicted octanol–water partition coefficient (Wildman–Crippen LogP) is 1.93. The highest BCUT2D eigenvalue weighted by atomic mass is 16.4. The molecular formula is C15H10N4O2. The number of carboxylic acids is 1. The predicted molar refractivity (Wildman–Crippen MR) is 74.4 cm³/mol. The molecule has 0 aliphatic carbocycles. The maximum absolute atomic E-state index is 11.4. The topological polar surface area (TPSA) is 80.9 Å². The first kappa shape index (κ1) is 11.8. The highest BCUT2D eigenvalue weighted by Gasteiger charge is 2.24. The zero-order valence-electron chi connectivity index (χ0n) is 10.9. The van der Waals surface area contributed by atoms with Crippen LogP contribution < -0.4 is 0 Å². The van der Waals surface area contributed by atoms with Crippen LogP contribution in [0.1, 0.15) is 21.7 Å². The van der Waals surface area contributed by atoms with E-state index >= 15 is 0 Å². The summed E-state index contributed by atoms with van der Waals surface area (Å²) < 4.78 is 1.96. The largest absolute Gasteiger partial charge is 0.476 e. The van der Waals surface area contributed by atoms with Crippen molar-refractivity contribution in [3.05, 3.63) is 60.1 Å². The first-order valence-corrected chi connectivity index (χ1v) is 6.44. The average molecular weight is 278 g/mol. The summed E-state index contributed by atoms with van der Waals surface area (Å²) in [7, 11) is 0. The van der Waals surface area contributed by atoms with Gasteiger partial charge in [-0.05, 0) is 6.07 Å². The number of imidazole rings is 1. The summed E-state index contributed by atoms with van der Waals surface area (Å²) in [6.45, 7) is 0. The molecule has 0 unspecified atom stereocenters. The Morgan fingerprint density at radius 1 is 1.24 bits per heavy atom. The minimum Gasteiger partial charge on any atom is -0.476 e. The minimum atomic E-state index is -1.04. The smallest absolute Gasteiger partial charge is 0.354 e. The molecule has 6 nitrogen and oxygen atoms in total. The van der Waals surface area contributed by atoms with Gasteiger partial charge in [0.25, 0.3) is 0 Å². The Morgan fingerprint density at radius 2 is 2.10 bits per heavy atom. The van der Waals surface area contributed by atoms with E-state index in [2.05, 4.69) is 15.0 Å². The van der Waals surface area contributed by atoms with Crippen molar-refractivity contribution in [3.8, 4) is 16.9 Å². The summed E-state index contributed by atoms with van der Waals surface area (Å²) in [6.07, 6.45) is 5.21. The number of carbonyl (C=O) groups is 1. The third-order valence-corrected chi connectivity index (χ3v) is 3.64. The molecule has 0 saturated heterocycles. The lowest BCUT2D eigenvalue weighted by atomic mass is 10.0. The van der Waals surface area contributed by atoms with Gasteiger partial charge in [-0.25, -0.2) is 19.7 Å². The lowest BCUT2D eigenvalue weighted by Gasteiger charge is -2.09. The molecule has 0 fully saturated rings. The number of hydrogen-bond donors (Lipinski definition) is 1. The van der Waals surface area contributed by atoms with Crippen LogP contribution >= 0.6 is 0 Å². The normalized spacial score (nSPS) is 12.0. The lowest BCUT2D eigenvalue weighted by Crippen LogP contribution is -2.08. The molecule has 1 aliphatic heterocycles. The molecule has 1 N–H and O–H groups in total. The molecule has 0 spiro atoms. The SMILES string of the molecule is O=C(O)c1ncnc2c1Cc1cncn1-c1ccccc1-2. The maximum atomic E-state index is 11.4. The second-order valence-electron chi connectivity index (χ2n) is 4.80. The van der Waals surface area contributed by atoms with Gasteiger partial charge in [-0.3, -0.25) is 0 Å².